The van der Waals surface area contributed by atoms with Crippen molar-refractivity contribution in [3.8, 4) is 0 Å². The van der Waals surface area contributed by atoms with Crippen molar-refractivity contribution in [3.05, 3.63) is 26.9 Å². The molecule has 2 rings (SSSR count). The summed E-state index contributed by atoms with van der Waals surface area (Å²) in [7, 11) is 0. The highest BCUT2D eigenvalue weighted by molar-refractivity contribution is 9.10. The molecule has 0 aliphatic carbocycles. The van der Waals surface area contributed by atoms with Crippen molar-refractivity contribution in [3.63, 3.8) is 0 Å². The normalized spacial score (nSPS) is 17.4. The SMILES string of the molecule is CC(CNc1ncc(Br)cc1[N+](=O)[O-])CN1CCCCC1. The van der Waals surface area contributed by atoms with Crippen molar-refractivity contribution in [2.45, 2.75) is 26.2 Å². The van der Waals surface area contributed by atoms with Gasteiger partial charge in [-0.05, 0) is 47.8 Å². The van der Waals surface area contributed by atoms with E-state index < -0.39 is 4.92 Å². The molecule has 1 N–H and O–H groups in total. The van der Waals surface area contributed by atoms with Crippen molar-refractivity contribution in [2.75, 3.05) is 31.5 Å². The van der Waals surface area contributed by atoms with E-state index in [9.17, 15) is 10.1 Å². The maximum absolute atomic E-state index is 11.0. The molecule has 7 heteroatoms. The predicted octanol–water partition coefficient (Wildman–Crippen LogP) is 3.29. The lowest BCUT2D eigenvalue weighted by Gasteiger charge is -2.29. The molecule has 2 heterocycles. The summed E-state index contributed by atoms with van der Waals surface area (Å²) in [5.41, 5.74) is 0.00884. The molecule has 1 unspecified atom stereocenters. The molecule has 0 spiro atoms. The number of halogens is 1. The van der Waals surface area contributed by atoms with E-state index in [0.29, 0.717) is 22.8 Å². The second kappa shape index (κ2) is 7.70. The zero-order valence-corrected chi connectivity index (χ0v) is 13.8. The summed E-state index contributed by atoms with van der Waals surface area (Å²) < 4.78 is 0.612. The largest absolute Gasteiger partial charge is 0.364 e. The second-order valence-corrected chi connectivity index (χ2v) is 6.54. The number of likely N-dealkylation sites (tertiary alicyclic amines) is 1. The van der Waals surface area contributed by atoms with Crippen LogP contribution in [0.15, 0.2) is 16.7 Å². The van der Waals surface area contributed by atoms with Crippen molar-refractivity contribution < 1.29 is 4.92 Å². The van der Waals surface area contributed by atoms with Gasteiger partial charge in [-0.15, -0.1) is 0 Å². The van der Waals surface area contributed by atoms with Crippen LogP contribution in [0.1, 0.15) is 26.2 Å². The van der Waals surface area contributed by atoms with Gasteiger partial charge in [0.05, 0.1) is 4.92 Å². The van der Waals surface area contributed by atoms with Crippen molar-refractivity contribution in [1.29, 1.82) is 0 Å². The lowest BCUT2D eigenvalue weighted by molar-refractivity contribution is -0.384. The van der Waals surface area contributed by atoms with Crippen molar-refractivity contribution in [1.82, 2.24) is 9.88 Å². The molecule has 21 heavy (non-hydrogen) atoms. The van der Waals surface area contributed by atoms with Gasteiger partial charge < -0.3 is 10.2 Å². The molecule has 0 aromatic carbocycles. The Balaban J connectivity index is 1.88. The lowest BCUT2D eigenvalue weighted by atomic mass is 10.1. The third-order valence-electron chi connectivity index (χ3n) is 3.67. The van der Waals surface area contributed by atoms with Gasteiger partial charge in [-0.25, -0.2) is 4.98 Å². The van der Waals surface area contributed by atoms with E-state index in [-0.39, 0.29) is 5.69 Å². The van der Waals surface area contributed by atoms with E-state index in [1.807, 2.05) is 0 Å². The first-order valence-electron chi connectivity index (χ1n) is 7.32. The van der Waals surface area contributed by atoms with Gasteiger partial charge in [0.15, 0.2) is 0 Å². The average molecular weight is 357 g/mol. The fraction of sp³-hybridized carbons (Fsp3) is 0.643. The Morgan fingerprint density at radius 2 is 2.19 bits per heavy atom. The van der Waals surface area contributed by atoms with Gasteiger partial charge in [0, 0.05) is 29.8 Å². The van der Waals surface area contributed by atoms with Gasteiger partial charge in [-0.3, -0.25) is 10.1 Å². The number of pyridine rings is 1. The van der Waals surface area contributed by atoms with Crippen LogP contribution in [0.4, 0.5) is 11.5 Å². The fourth-order valence-corrected chi connectivity index (χ4v) is 2.94. The maximum Gasteiger partial charge on any atom is 0.312 e. The molecule has 1 saturated heterocycles. The van der Waals surface area contributed by atoms with Gasteiger partial charge in [-0.1, -0.05) is 13.3 Å². The summed E-state index contributed by atoms with van der Waals surface area (Å²) in [5.74, 6) is 0.766. The summed E-state index contributed by atoms with van der Waals surface area (Å²) >= 11 is 3.21. The van der Waals surface area contributed by atoms with E-state index in [1.54, 1.807) is 6.20 Å². The minimum absolute atomic E-state index is 0.00884. The molecule has 0 saturated carbocycles. The zero-order valence-electron chi connectivity index (χ0n) is 12.2. The molecular weight excluding hydrogens is 336 g/mol. The second-order valence-electron chi connectivity index (χ2n) is 5.63. The first kappa shape index (κ1) is 16.2. The van der Waals surface area contributed by atoms with Crippen LogP contribution < -0.4 is 5.32 Å². The van der Waals surface area contributed by atoms with E-state index in [1.165, 1.54) is 38.4 Å². The highest BCUT2D eigenvalue weighted by Gasteiger charge is 2.18. The quantitative estimate of drug-likeness (QED) is 0.625. The van der Waals surface area contributed by atoms with E-state index in [0.717, 1.165) is 6.54 Å². The smallest absolute Gasteiger partial charge is 0.312 e. The van der Waals surface area contributed by atoms with E-state index in [4.69, 9.17) is 0 Å². The molecule has 1 aromatic rings. The number of aromatic nitrogens is 1. The summed E-state index contributed by atoms with van der Waals surface area (Å²) in [6, 6.07) is 1.48. The molecule has 1 aliphatic rings. The number of hydrogen-bond donors (Lipinski definition) is 1. The molecule has 1 aromatic heterocycles. The number of hydrogen-bond acceptors (Lipinski definition) is 5. The minimum atomic E-state index is -0.407. The van der Waals surface area contributed by atoms with Crippen LogP contribution in [0.2, 0.25) is 0 Å². The third kappa shape index (κ3) is 4.93. The van der Waals surface area contributed by atoms with Gasteiger partial charge in [0.1, 0.15) is 0 Å². The molecule has 116 valence electrons. The van der Waals surface area contributed by atoms with Crippen molar-refractivity contribution >= 4 is 27.4 Å². The van der Waals surface area contributed by atoms with Gasteiger partial charge >= 0.3 is 5.69 Å². The third-order valence-corrected chi connectivity index (χ3v) is 4.10. The molecule has 6 nitrogen and oxygen atoms in total. The Bertz CT molecular complexity index is 492. The molecule has 0 bridgehead atoms. The van der Waals surface area contributed by atoms with Crippen LogP contribution in [0.3, 0.4) is 0 Å². The number of rotatable bonds is 6. The topological polar surface area (TPSA) is 71.3 Å². The Labute approximate surface area is 133 Å². The minimum Gasteiger partial charge on any atom is -0.364 e. The number of nitrogens with one attached hydrogen (secondary N) is 1. The van der Waals surface area contributed by atoms with Crippen molar-refractivity contribution in [2.24, 2.45) is 5.92 Å². The highest BCUT2D eigenvalue weighted by Crippen LogP contribution is 2.25. The molecule has 1 fully saturated rings. The van der Waals surface area contributed by atoms with Crippen LogP contribution in [0.25, 0.3) is 0 Å². The molecule has 1 atom stereocenters. The fourth-order valence-electron chi connectivity index (χ4n) is 2.62. The van der Waals surface area contributed by atoms with Gasteiger partial charge in [0.2, 0.25) is 5.82 Å². The first-order valence-corrected chi connectivity index (χ1v) is 8.11. The molecular formula is C14H21BrN4O2. The Morgan fingerprint density at radius 1 is 1.48 bits per heavy atom. The number of nitrogens with zero attached hydrogens (tertiary/aromatic N) is 3. The number of nitro groups is 1. The zero-order chi connectivity index (χ0) is 15.2. The van der Waals surface area contributed by atoms with Crippen LogP contribution in [0.5, 0.6) is 0 Å². The summed E-state index contributed by atoms with van der Waals surface area (Å²) in [4.78, 5) is 17.2. The first-order chi connectivity index (χ1) is 10.1. The van der Waals surface area contributed by atoms with Crippen LogP contribution in [-0.2, 0) is 0 Å². The Morgan fingerprint density at radius 3 is 2.86 bits per heavy atom. The summed E-state index contributed by atoms with van der Waals surface area (Å²) in [6.07, 6.45) is 5.46. The Kier molecular flexibility index (Phi) is 5.93. The Hall–Kier alpha value is -1.21. The van der Waals surface area contributed by atoms with Crippen LogP contribution in [-0.4, -0.2) is 41.0 Å². The average Bonchev–Trinajstić information content (AvgIpc) is 2.47. The van der Waals surface area contributed by atoms with E-state index in [2.05, 4.69) is 38.1 Å². The monoisotopic (exact) mass is 356 g/mol. The molecule has 1 aliphatic heterocycles. The summed E-state index contributed by atoms with van der Waals surface area (Å²) in [6.45, 7) is 6.21. The maximum atomic E-state index is 11.0. The predicted molar refractivity (Wildman–Crippen MR) is 86.5 cm³/mol. The van der Waals surface area contributed by atoms with Crippen LogP contribution in [0, 0.1) is 16.0 Å². The molecule has 0 amide bonds. The highest BCUT2D eigenvalue weighted by atomic mass is 79.9. The van der Waals surface area contributed by atoms with Gasteiger partial charge in [0.25, 0.3) is 0 Å². The van der Waals surface area contributed by atoms with E-state index >= 15 is 0 Å². The standard InChI is InChI=1S/C14H21BrN4O2/c1-11(10-18-5-3-2-4-6-18)8-16-14-13(19(20)21)7-12(15)9-17-14/h7,9,11H,2-6,8,10H2,1H3,(H,16,17). The number of anilines is 1. The molecule has 0 radical (unpaired) electrons. The van der Waals surface area contributed by atoms with Gasteiger partial charge in [-0.2, -0.15) is 0 Å². The summed E-state index contributed by atoms with van der Waals surface area (Å²) in [5, 5.41) is 14.1. The number of piperidine rings is 1. The lowest BCUT2D eigenvalue weighted by Crippen LogP contribution is -2.35. The van der Waals surface area contributed by atoms with Crippen LogP contribution >= 0.6 is 15.9 Å².